The Labute approximate surface area is 162 Å². The predicted octanol–water partition coefficient (Wildman–Crippen LogP) is 3.97. The molecule has 0 fully saturated rings. The van der Waals surface area contributed by atoms with E-state index < -0.39 is 0 Å². The number of amides is 1. The zero-order chi connectivity index (χ0) is 19.9. The second-order valence-electron chi connectivity index (χ2n) is 5.77. The highest BCUT2D eigenvalue weighted by molar-refractivity contribution is 6.03. The SMILES string of the molecule is COc1ccc(NC(=O)c2cc(Nc3ccc(C#N)cc3)ccn2)cc1OC. The average molecular weight is 374 g/mol. The Hall–Kier alpha value is -4.05. The number of methoxy groups -OCH3 is 2. The van der Waals surface area contributed by atoms with E-state index in [0.717, 1.165) is 5.69 Å². The largest absolute Gasteiger partial charge is 0.493 e. The molecule has 7 nitrogen and oxygen atoms in total. The van der Waals surface area contributed by atoms with E-state index >= 15 is 0 Å². The summed E-state index contributed by atoms with van der Waals surface area (Å²) in [5.74, 6) is 0.743. The second-order valence-corrected chi connectivity index (χ2v) is 5.77. The van der Waals surface area contributed by atoms with Crippen molar-refractivity contribution in [2.75, 3.05) is 24.9 Å². The molecule has 0 aliphatic rings. The van der Waals surface area contributed by atoms with Crippen molar-refractivity contribution in [1.29, 1.82) is 5.26 Å². The van der Waals surface area contributed by atoms with E-state index in [0.29, 0.717) is 28.4 Å². The van der Waals surface area contributed by atoms with Crippen molar-refractivity contribution in [3.63, 3.8) is 0 Å². The van der Waals surface area contributed by atoms with Crippen molar-refractivity contribution >= 4 is 23.0 Å². The van der Waals surface area contributed by atoms with Gasteiger partial charge in [0.2, 0.25) is 0 Å². The Kier molecular flexibility index (Phi) is 5.72. The first kappa shape index (κ1) is 18.7. The van der Waals surface area contributed by atoms with Gasteiger partial charge < -0.3 is 20.1 Å². The van der Waals surface area contributed by atoms with Crippen LogP contribution in [0.4, 0.5) is 17.1 Å². The van der Waals surface area contributed by atoms with Crippen molar-refractivity contribution in [2.24, 2.45) is 0 Å². The fourth-order valence-electron chi connectivity index (χ4n) is 2.54. The molecule has 3 rings (SSSR count). The number of anilines is 3. The van der Waals surface area contributed by atoms with Gasteiger partial charge in [0.25, 0.3) is 5.91 Å². The highest BCUT2D eigenvalue weighted by Crippen LogP contribution is 2.30. The second kappa shape index (κ2) is 8.56. The topological polar surface area (TPSA) is 96.3 Å². The molecule has 28 heavy (non-hydrogen) atoms. The van der Waals surface area contributed by atoms with E-state index in [1.165, 1.54) is 7.11 Å². The van der Waals surface area contributed by atoms with E-state index in [1.807, 2.05) is 0 Å². The van der Waals surface area contributed by atoms with E-state index in [1.54, 1.807) is 67.9 Å². The minimum absolute atomic E-state index is 0.258. The van der Waals surface area contributed by atoms with E-state index in [-0.39, 0.29) is 11.6 Å². The number of nitrogens with zero attached hydrogens (tertiary/aromatic N) is 2. The minimum Gasteiger partial charge on any atom is -0.493 e. The Balaban J connectivity index is 1.74. The van der Waals surface area contributed by atoms with Crippen LogP contribution in [0.1, 0.15) is 16.1 Å². The standard InChI is InChI=1S/C21H18N4O3/c1-27-19-8-7-16(12-20(19)28-2)25-21(26)18-11-17(9-10-23-18)24-15-5-3-14(13-22)4-6-15/h3-12H,1-2H3,(H,23,24)(H,25,26). The van der Waals surface area contributed by atoms with Crippen LogP contribution in [0.5, 0.6) is 11.5 Å². The number of hydrogen-bond donors (Lipinski definition) is 2. The highest BCUT2D eigenvalue weighted by atomic mass is 16.5. The van der Waals surface area contributed by atoms with Gasteiger partial charge in [-0.25, -0.2) is 0 Å². The molecule has 0 aliphatic heterocycles. The first-order chi connectivity index (χ1) is 13.6. The Morgan fingerprint density at radius 3 is 2.32 bits per heavy atom. The zero-order valence-corrected chi connectivity index (χ0v) is 15.4. The van der Waals surface area contributed by atoms with E-state index in [2.05, 4.69) is 21.7 Å². The summed E-state index contributed by atoms with van der Waals surface area (Å²) in [6.07, 6.45) is 1.55. The minimum atomic E-state index is -0.351. The van der Waals surface area contributed by atoms with Crippen LogP contribution < -0.4 is 20.1 Å². The van der Waals surface area contributed by atoms with Crippen molar-refractivity contribution in [3.8, 4) is 17.6 Å². The predicted molar refractivity (Wildman–Crippen MR) is 106 cm³/mol. The number of aromatic nitrogens is 1. The van der Waals surface area contributed by atoms with Gasteiger partial charge in [0.05, 0.1) is 25.9 Å². The fourth-order valence-corrected chi connectivity index (χ4v) is 2.54. The number of benzene rings is 2. The van der Waals surface area contributed by atoms with Gasteiger partial charge in [0, 0.05) is 29.3 Å². The quantitative estimate of drug-likeness (QED) is 0.678. The van der Waals surface area contributed by atoms with Gasteiger partial charge in [-0.3, -0.25) is 9.78 Å². The molecular formula is C21H18N4O3. The number of carbonyl (C=O) groups excluding carboxylic acids is 1. The lowest BCUT2D eigenvalue weighted by Crippen LogP contribution is -2.14. The van der Waals surface area contributed by atoms with Crippen LogP contribution in [-0.4, -0.2) is 25.1 Å². The Morgan fingerprint density at radius 1 is 0.929 bits per heavy atom. The molecule has 0 saturated heterocycles. The zero-order valence-electron chi connectivity index (χ0n) is 15.4. The molecule has 7 heteroatoms. The average Bonchev–Trinajstić information content (AvgIpc) is 2.74. The molecule has 1 aromatic heterocycles. The van der Waals surface area contributed by atoms with Crippen LogP contribution in [-0.2, 0) is 0 Å². The lowest BCUT2D eigenvalue weighted by atomic mass is 10.2. The summed E-state index contributed by atoms with van der Waals surface area (Å²) in [5.41, 5.74) is 2.91. The number of nitriles is 1. The number of ether oxygens (including phenoxy) is 2. The number of nitrogens with one attached hydrogen (secondary N) is 2. The molecule has 0 saturated carbocycles. The summed E-state index contributed by atoms with van der Waals surface area (Å²) in [5, 5.41) is 14.8. The van der Waals surface area contributed by atoms with Crippen molar-refractivity contribution in [3.05, 3.63) is 72.1 Å². The highest BCUT2D eigenvalue weighted by Gasteiger charge is 2.11. The third-order valence-corrected chi connectivity index (χ3v) is 3.94. The third kappa shape index (κ3) is 4.37. The van der Waals surface area contributed by atoms with E-state index in [9.17, 15) is 4.79 Å². The van der Waals surface area contributed by atoms with E-state index in [4.69, 9.17) is 14.7 Å². The summed E-state index contributed by atoms with van der Waals surface area (Å²) < 4.78 is 10.4. The summed E-state index contributed by atoms with van der Waals surface area (Å²) in [6, 6.07) is 17.6. The monoisotopic (exact) mass is 374 g/mol. The first-order valence-corrected chi connectivity index (χ1v) is 8.39. The van der Waals surface area contributed by atoms with Gasteiger partial charge in [0.15, 0.2) is 11.5 Å². The molecular weight excluding hydrogens is 356 g/mol. The van der Waals surface area contributed by atoms with Crippen LogP contribution in [0.3, 0.4) is 0 Å². The van der Waals surface area contributed by atoms with Crippen molar-refractivity contribution in [2.45, 2.75) is 0 Å². The van der Waals surface area contributed by atoms with Crippen LogP contribution >= 0.6 is 0 Å². The van der Waals surface area contributed by atoms with Gasteiger partial charge in [0.1, 0.15) is 5.69 Å². The lowest BCUT2D eigenvalue weighted by molar-refractivity contribution is 0.102. The van der Waals surface area contributed by atoms with Gasteiger partial charge >= 0.3 is 0 Å². The van der Waals surface area contributed by atoms with Gasteiger partial charge in [-0.05, 0) is 48.5 Å². The maximum Gasteiger partial charge on any atom is 0.274 e. The molecule has 1 amide bonds. The number of hydrogen-bond acceptors (Lipinski definition) is 6. The van der Waals surface area contributed by atoms with Crippen molar-refractivity contribution in [1.82, 2.24) is 4.98 Å². The number of carbonyl (C=O) groups is 1. The third-order valence-electron chi connectivity index (χ3n) is 3.94. The first-order valence-electron chi connectivity index (χ1n) is 8.39. The van der Waals surface area contributed by atoms with Gasteiger partial charge in [-0.15, -0.1) is 0 Å². The van der Waals surface area contributed by atoms with Crippen LogP contribution in [0.15, 0.2) is 60.8 Å². The molecule has 2 aromatic carbocycles. The van der Waals surface area contributed by atoms with Gasteiger partial charge in [-0.2, -0.15) is 5.26 Å². The normalized spacial score (nSPS) is 9.89. The fraction of sp³-hybridized carbons (Fsp3) is 0.0952. The summed E-state index contributed by atoms with van der Waals surface area (Å²) in [4.78, 5) is 16.7. The molecule has 0 atom stereocenters. The maximum absolute atomic E-state index is 12.5. The summed E-state index contributed by atoms with van der Waals surface area (Å²) >= 11 is 0. The lowest BCUT2D eigenvalue weighted by Gasteiger charge is -2.11. The molecule has 2 N–H and O–H groups in total. The molecule has 1 heterocycles. The van der Waals surface area contributed by atoms with Crippen LogP contribution in [0, 0.1) is 11.3 Å². The molecule has 0 spiro atoms. The smallest absolute Gasteiger partial charge is 0.274 e. The molecule has 3 aromatic rings. The van der Waals surface area contributed by atoms with Crippen molar-refractivity contribution < 1.29 is 14.3 Å². The van der Waals surface area contributed by atoms with Crippen LogP contribution in [0.2, 0.25) is 0 Å². The Bertz CT molecular complexity index is 1030. The number of rotatable bonds is 6. The van der Waals surface area contributed by atoms with Crippen LogP contribution in [0.25, 0.3) is 0 Å². The summed E-state index contributed by atoms with van der Waals surface area (Å²) in [7, 11) is 3.08. The molecule has 140 valence electrons. The Morgan fingerprint density at radius 2 is 1.64 bits per heavy atom. The maximum atomic E-state index is 12.5. The number of pyridine rings is 1. The summed E-state index contributed by atoms with van der Waals surface area (Å²) in [6.45, 7) is 0. The molecule has 0 aliphatic carbocycles. The molecule has 0 bridgehead atoms. The molecule has 0 unspecified atom stereocenters. The molecule has 0 radical (unpaired) electrons. The van der Waals surface area contributed by atoms with Gasteiger partial charge in [-0.1, -0.05) is 0 Å².